The van der Waals surface area contributed by atoms with Crippen molar-refractivity contribution in [2.45, 2.75) is 21.2 Å². The molecule has 1 aliphatic carbocycles. The molecule has 2 atom stereocenters. The van der Waals surface area contributed by atoms with Crippen molar-refractivity contribution in [1.29, 1.82) is 0 Å². The van der Waals surface area contributed by atoms with Crippen LogP contribution in [0.2, 0.25) is 14.8 Å². The molecule has 0 radical (unpaired) electrons. The molecule has 1 saturated heterocycles. The van der Waals surface area contributed by atoms with E-state index in [9.17, 15) is 9.59 Å². The van der Waals surface area contributed by atoms with E-state index in [2.05, 4.69) is 26.2 Å². The predicted octanol–water partition coefficient (Wildman–Crippen LogP) is 1.08. The first kappa shape index (κ1) is 10.2. The van der Waals surface area contributed by atoms with Crippen LogP contribution in [-0.4, -0.2) is 30.2 Å². The van der Waals surface area contributed by atoms with Gasteiger partial charge in [-0.3, -0.25) is 0 Å². The first-order valence-electron chi connectivity index (χ1n) is 4.95. The van der Waals surface area contributed by atoms with Crippen LogP contribution in [0.15, 0.2) is 9.67 Å². The Labute approximate surface area is 87.8 Å². The van der Waals surface area contributed by atoms with E-state index in [1.165, 1.54) is 3.59 Å². The van der Waals surface area contributed by atoms with E-state index in [1.807, 2.05) is 0 Å². The normalized spacial score (nSPS) is 31.5. The van der Waals surface area contributed by atoms with E-state index in [-0.39, 0.29) is 23.7 Å². The van der Waals surface area contributed by atoms with E-state index >= 15 is 0 Å². The minimum atomic E-state index is -2.03. The van der Waals surface area contributed by atoms with Crippen LogP contribution in [0.3, 0.4) is 0 Å². The zero-order chi connectivity index (χ0) is 10.5. The summed E-state index contributed by atoms with van der Waals surface area (Å²) in [5, 5.41) is 2.39. The molecule has 14 heavy (non-hydrogen) atoms. The molecule has 0 saturated carbocycles. The average molecular weight is 300 g/mol. The molecule has 2 aliphatic rings. The number of fused-ring (bicyclic) bond motifs is 1. The Morgan fingerprint density at radius 1 is 1.29 bits per heavy atom. The Hall–Kier alpha value is -0.321. The maximum absolute atomic E-state index is 11.4. The summed E-state index contributed by atoms with van der Waals surface area (Å²) in [6.07, 6.45) is 2.91. The van der Waals surface area contributed by atoms with Crippen LogP contribution in [0.1, 0.15) is 6.42 Å². The number of amides is 2. The van der Waals surface area contributed by atoms with Gasteiger partial charge in [0.1, 0.15) is 0 Å². The van der Waals surface area contributed by atoms with Gasteiger partial charge in [-0.25, -0.2) is 0 Å². The van der Waals surface area contributed by atoms with E-state index < -0.39 is 18.4 Å². The zero-order valence-corrected chi connectivity index (χ0v) is 11.6. The van der Waals surface area contributed by atoms with Gasteiger partial charge in [-0.1, -0.05) is 0 Å². The molecule has 1 N–H and O–H groups in total. The van der Waals surface area contributed by atoms with E-state index in [0.29, 0.717) is 0 Å². The number of carbonyl (C=O) groups excluding carboxylic acids is 2. The Bertz CT molecular complexity index is 341. The Kier molecular flexibility index (Phi) is 2.25. The van der Waals surface area contributed by atoms with E-state index in [1.54, 1.807) is 0 Å². The Balaban J connectivity index is 2.27. The van der Waals surface area contributed by atoms with Crippen molar-refractivity contribution < 1.29 is 9.59 Å². The van der Waals surface area contributed by atoms with E-state index in [4.69, 9.17) is 0 Å². The monoisotopic (exact) mass is 301 g/mol. The fraction of sp³-hybridized carbons (Fsp3) is 0.600. The molecular formula is C10H15NO2Sn. The number of carbonyl (C=O) groups is 2. The van der Waals surface area contributed by atoms with Crippen molar-refractivity contribution >= 4 is 30.2 Å². The second-order valence-electron chi connectivity index (χ2n) is 5.13. The number of hydrogen-bond donors (Lipinski definition) is 1. The van der Waals surface area contributed by atoms with Crippen molar-refractivity contribution in [3.05, 3.63) is 9.67 Å². The molecule has 2 unspecified atom stereocenters. The van der Waals surface area contributed by atoms with Crippen LogP contribution in [-0.2, 0) is 9.59 Å². The summed E-state index contributed by atoms with van der Waals surface area (Å²) in [6.45, 7) is 0. The molecule has 0 aromatic rings. The second-order valence-corrected chi connectivity index (χ2v) is 19.8. The van der Waals surface area contributed by atoms with Crippen molar-refractivity contribution in [3.8, 4) is 0 Å². The quantitative estimate of drug-likeness (QED) is 0.582. The average Bonchev–Trinajstić information content (AvgIpc) is 2.53. The van der Waals surface area contributed by atoms with Crippen molar-refractivity contribution in [3.63, 3.8) is 0 Å². The molecule has 2 amide bonds. The Morgan fingerprint density at radius 2 is 1.93 bits per heavy atom. The summed E-state index contributed by atoms with van der Waals surface area (Å²) in [6, 6.07) is 0. The molecule has 2 rings (SSSR count). The maximum atomic E-state index is 11.4. The van der Waals surface area contributed by atoms with Gasteiger partial charge in [-0.05, 0) is 0 Å². The van der Waals surface area contributed by atoms with Crippen molar-refractivity contribution in [1.82, 2.24) is 5.32 Å². The first-order valence-corrected chi connectivity index (χ1v) is 14.9. The first-order chi connectivity index (χ1) is 6.39. The third-order valence-electron chi connectivity index (χ3n) is 3.10. The van der Waals surface area contributed by atoms with Gasteiger partial charge in [0.2, 0.25) is 0 Å². The van der Waals surface area contributed by atoms with Gasteiger partial charge in [0.15, 0.2) is 0 Å². The molecule has 3 nitrogen and oxygen atoms in total. The fourth-order valence-corrected chi connectivity index (χ4v) is 6.45. The summed E-state index contributed by atoms with van der Waals surface area (Å²) in [4.78, 5) is 29.8. The van der Waals surface area contributed by atoms with Crippen LogP contribution in [0.5, 0.6) is 0 Å². The fourth-order valence-electron chi connectivity index (χ4n) is 2.13. The number of hydrogen-bond acceptors (Lipinski definition) is 2. The molecule has 1 fully saturated rings. The summed E-state index contributed by atoms with van der Waals surface area (Å²) in [5.74, 6) is -0.380. The van der Waals surface area contributed by atoms with E-state index in [0.717, 1.165) is 6.42 Å². The number of rotatable bonds is 1. The minimum absolute atomic E-state index is 0.0678. The van der Waals surface area contributed by atoms with Crippen LogP contribution in [0.4, 0.5) is 0 Å². The van der Waals surface area contributed by atoms with Crippen LogP contribution >= 0.6 is 0 Å². The molecule has 0 aromatic carbocycles. The van der Waals surface area contributed by atoms with Crippen molar-refractivity contribution in [2.75, 3.05) is 0 Å². The topological polar surface area (TPSA) is 46.2 Å². The molecular weight excluding hydrogens is 285 g/mol. The predicted molar refractivity (Wildman–Crippen MR) is 56.2 cm³/mol. The van der Waals surface area contributed by atoms with Crippen LogP contribution < -0.4 is 5.32 Å². The number of allylic oxidation sites excluding steroid dienone is 1. The number of imide groups is 1. The van der Waals surface area contributed by atoms with Gasteiger partial charge >= 0.3 is 87.8 Å². The Morgan fingerprint density at radius 3 is 2.43 bits per heavy atom. The SMILES string of the molecule is [CH3][Sn]([CH3])([CH3])[C]1=CC2C(=O)NC(=O)C2C1. The van der Waals surface area contributed by atoms with Crippen LogP contribution in [0, 0.1) is 11.8 Å². The van der Waals surface area contributed by atoms with Gasteiger partial charge < -0.3 is 0 Å². The molecule has 0 bridgehead atoms. The summed E-state index contributed by atoms with van der Waals surface area (Å²) in [7, 11) is 0. The van der Waals surface area contributed by atoms with Gasteiger partial charge in [-0.2, -0.15) is 0 Å². The third kappa shape index (κ3) is 1.51. The van der Waals surface area contributed by atoms with Crippen LogP contribution in [0.25, 0.3) is 0 Å². The second kappa shape index (κ2) is 3.08. The summed E-state index contributed by atoms with van der Waals surface area (Å²) in [5.41, 5.74) is 0. The zero-order valence-electron chi connectivity index (χ0n) is 8.76. The van der Waals surface area contributed by atoms with Crippen molar-refractivity contribution in [2.24, 2.45) is 11.8 Å². The van der Waals surface area contributed by atoms with Gasteiger partial charge in [0.05, 0.1) is 0 Å². The number of nitrogens with one attached hydrogen (secondary N) is 1. The third-order valence-corrected chi connectivity index (χ3v) is 9.66. The molecule has 0 aromatic heterocycles. The van der Waals surface area contributed by atoms with Gasteiger partial charge in [0.25, 0.3) is 0 Å². The standard InChI is InChI=1S/C7H6NO2.3CH3.Sn/c9-6-4-2-1-3-5(4)7(10)8-6;;;;/h2,4-5H,3H2,(H,8,9,10);3*1H3;. The molecule has 0 spiro atoms. The molecule has 4 heteroatoms. The van der Waals surface area contributed by atoms with Gasteiger partial charge in [-0.15, -0.1) is 0 Å². The molecule has 1 heterocycles. The molecule has 76 valence electrons. The molecule has 1 aliphatic heterocycles. The van der Waals surface area contributed by atoms with Gasteiger partial charge in [0, 0.05) is 0 Å². The summed E-state index contributed by atoms with van der Waals surface area (Å²) >= 11 is -2.03. The summed E-state index contributed by atoms with van der Waals surface area (Å²) < 4.78 is 1.44.